The van der Waals surface area contributed by atoms with Crippen LogP contribution >= 0.6 is 11.8 Å². The van der Waals surface area contributed by atoms with E-state index in [1.807, 2.05) is 0 Å². The second-order valence-corrected chi connectivity index (χ2v) is 7.83. The second-order valence-electron chi connectivity index (χ2n) is 6.31. The number of hydrogen-bond acceptors (Lipinski definition) is 2. The average molecular weight is 255 g/mol. The first-order valence-corrected chi connectivity index (χ1v) is 8.61. The molecule has 1 nitrogen and oxygen atoms in total. The fourth-order valence-corrected chi connectivity index (χ4v) is 5.12. The summed E-state index contributed by atoms with van der Waals surface area (Å²) in [5.74, 6) is 3.13. The Morgan fingerprint density at radius 3 is 2.41 bits per heavy atom. The molecule has 2 heteroatoms. The van der Waals surface area contributed by atoms with Crippen molar-refractivity contribution in [3.8, 4) is 0 Å². The van der Waals surface area contributed by atoms with Gasteiger partial charge < -0.3 is 5.32 Å². The zero-order valence-corrected chi connectivity index (χ0v) is 12.6. The summed E-state index contributed by atoms with van der Waals surface area (Å²) in [6, 6.07) is 1.61. The summed E-state index contributed by atoms with van der Waals surface area (Å²) in [6.07, 6.45) is 8.54. The third-order valence-electron chi connectivity index (χ3n) is 4.46. The summed E-state index contributed by atoms with van der Waals surface area (Å²) in [6.45, 7) is 7.15. The van der Waals surface area contributed by atoms with Crippen molar-refractivity contribution in [3.63, 3.8) is 0 Å². The van der Waals surface area contributed by atoms with Gasteiger partial charge in [-0.2, -0.15) is 11.8 Å². The van der Waals surface area contributed by atoms with Crippen molar-refractivity contribution in [2.75, 3.05) is 5.75 Å². The fourth-order valence-electron chi connectivity index (χ4n) is 3.92. The van der Waals surface area contributed by atoms with Gasteiger partial charge in [-0.3, -0.25) is 0 Å². The molecule has 2 saturated carbocycles. The van der Waals surface area contributed by atoms with Gasteiger partial charge in [0.15, 0.2) is 0 Å². The Morgan fingerprint density at radius 2 is 1.76 bits per heavy atom. The van der Waals surface area contributed by atoms with Crippen molar-refractivity contribution in [2.24, 2.45) is 11.8 Å². The monoisotopic (exact) mass is 255 g/mol. The molecule has 17 heavy (non-hydrogen) atoms. The van der Waals surface area contributed by atoms with Crippen molar-refractivity contribution >= 4 is 11.8 Å². The summed E-state index contributed by atoms with van der Waals surface area (Å²) in [5, 5.41) is 4.89. The predicted octanol–water partition coefficient (Wildman–Crippen LogP) is 4.07. The van der Waals surface area contributed by atoms with Gasteiger partial charge in [-0.1, -0.05) is 27.2 Å². The zero-order valence-electron chi connectivity index (χ0n) is 11.7. The molecule has 100 valence electrons. The minimum absolute atomic E-state index is 0.803. The van der Waals surface area contributed by atoms with E-state index >= 15 is 0 Å². The molecular formula is C15H29NS. The Kier molecular flexibility index (Phi) is 5.23. The lowest BCUT2D eigenvalue weighted by Gasteiger charge is -2.35. The lowest BCUT2D eigenvalue weighted by atomic mass is 9.80. The van der Waals surface area contributed by atoms with Crippen molar-refractivity contribution in [2.45, 2.75) is 76.6 Å². The van der Waals surface area contributed by atoms with E-state index in [1.54, 1.807) is 0 Å². The average Bonchev–Trinajstić information content (AvgIpc) is 2.65. The quantitative estimate of drug-likeness (QED) is 0.812. The van der Waals surface area contributed by atoms with Gasteiger partial charge in [-0.25, -0.2) is 0 Å². The lowest BCUT2D eigenvalue weighted by Crippen LogP contribution is -2.45. The molecule has 0 spiro atoms. The molecule has 0 heterocycles. The number of nitrogens with one attached hydrogen (secondary N) is 1. The van der Waals surface area contributed by atoms with Gasteiger partial charge in [0.25, 0.3) is 0 Å². The second kappa shape index (κ2) is 6.47. The zero-order chi connectivity index (χ0) is 12.3. The Labute approximate surface area is 112 Å². The Morgan fingerprint density at radius 1 is 1.06 bits per heavy atom. The molecule has 2 aliphatic rings. The van der Waals surface area contributed by atoms with E-state index in [0.29, 0.717) is 0 Å². The summed E-state index contributed by atoms with van der Waals surface area (Å²) < 4.78 is 0. The van der Waals surface area contributed by atoms with E-state index < -0.39 is 0 Å². The highest BCUT2D eigenvalue weighted by Crippen LogP contribution is 2.33. The van der Waals surface area contributed by atoms with E-state index in [9.17, 15) is 0 Å². The van der Waals surface area contributed by atoms with Crippen LogP contribution < -0.4 is 5.32 Å². The van der Waals surface area contributed by atoms with Gasteiger partial charge in [0, 0.05) is 17.3 Å². The van der Waals surface area contributed by atoms with Gasteiger partial charge in [0.1, 0.15) is 0 Å². The summed E-state index contributed by atoms with van der Waals surface area (Å²) >= 11 is 2.17. The van der Waals surface area contributed by atoms with Crippen molar-refractivity contribution in [1.82, 2.24) is 5.32 Å². The maximum absolute atomic E-state index is 3.99. The summed E-state index contributed by atoms with van der Waals surface area (Å²) in [7, 11) is 0. The van der Waals surface area contributed by atoms with Crippen LogP contribution in [0.5, 0.6) is 0 Å². The molecule has 0 aromatic heterocycles. The van der Waals surface area contributed by atoms with Crippen LogP contribution in [0.25, 0.3) is 0 Å². The van der Waals surface area contributed by atoms with Crippen LogP contribution in [0.1, 0.15) is 59.3 Å². The van der Waals surface area contributed by atoms with E-state index in [0.717, 1.165) is 29.2 Å². The van der Waals surface area contributed by atoms with Crippen molar-refractivity contribution in [1.29, 1.82) is 0 Å². The highest BCUT2D eigenvalue weighted by molar-refractivity contribution is 7.99. The third-order valence-corrected chi connectivity index (χ3v) is 5.79. The summed E-state index contributed by atoms with van der Waals surface area (Å²) in [5.41, 5.74) is 0. The molecule has 0 amide bonds. The Balaban J connectivity index is 1.82. The topological polar surface area (TPSA) is 12.0 Å². The Hall–Kier alpha value is 0.310. The first-order chi connectivity index (χ1) is 8.19. The molecule has 0 radical (unpaired) electrons. The van der Waals surface area contributed by atoms with Crippen LogP contribution in [0.3, 0.4) is 0 Å². The van der Waals surface area contributed by atoms with Gasteiger partial charge in [-0.15, -0.1) is 0 Å². The molecule has 4 unspecified atom stereocenters. The molecule has 2 aliphatic carbocycles. The predicted molar refractivity (Wildman–Crippen MR) is 78.7 cm³/mol. The van der Waals surface area contributed by atoms with Crippen LogP contribution in [0.4, 0.5) is 0 Å². The van der Waals surface area contributed by atoms with Crippen LogP contribution in [-0.4, -0.2) is 23.1 Å². The normalized spacial score (nSPS) is 42.9. The highest BCUT2D eigenvalue weighted by atomic mass is 32.2. The molecule has 1 N–H and O–H groups in total. The first-order valence-electron chi connectivity index (χ1n) is 7.56. The SMILES string of the molecule is CCSC1CCCC1NC1CC(C)CC(C)C1. The third kappa shape index (κ3) is 3.89. The highest BCUT2D eigenvalue weighted by Gasteiger charge is 2.31. The van der Waals surface area contributed by atoms with Gasteiger partial charge in [0.05, 0.1) is 0 Å². The standard InChI is InChI=1S/C15H29NS/c1-4-17-15-7-5-6-14(15)16-13-9-11(2)8-12(3)10-13/h11-16H,4-10H2,1-3H3. The number of thioether (sulfide) groups is 1. The van der Waals surface area contributed by atoms with Crippen LogP contribution in [-0.2, 0) is 0 Å². The summed E-state index contributed by atoms with van der Waals surface area (Å²) in [4.78, 5) is 0. The minimum Gasteiger partial charge on any atom is -0.310 e. The smallest absolute Gasteiger partial charge is 0.0201 e. The van der Waals surface area contributed by atoms with E-state index in [2.05, 4.69) is 37.8 Å². The molecule has 0 bridgehead atoms. The van der Waals surface area contributed by atoms with Gasteiger partial charge in [0.2, 0.25) is 0 Å². The van der Waals surface area contributed by atoms with Gasteiger partial charge >= 0.3 is 0 Å². The molecular weight excluding hydrogens is 226 g/mol. The molecule has 0 saturated heterocycles. The van der Waals surface area contributed by atoms with E-state index in [4.69, 9.17) is 0 Å². The number of hydrogen-bond donors (Lipinski definition) is 1. The molecule has 2 rings (SSSR count). The lowest BCUT2D eigenvalue weighted by molar-refractivity contribution is 0.226. The van der Waals surface area contributed by atoms with E-state index in [1.165, 1.54) is 44.3 Å². The van der Waals surface area contributed by atoms with Gasteiger partial charge in [-0.05, 0) is 49.7 Å². The molecule has 0 aromatic carbocycles. The van der Waals surface area contributed by atoms with Crippen LogP contribution in [0, 0.1) is 11.8 Å². The first kappa shape index (κ1) is 13.7. The maximum atomic E-state index is 3.99. The Bertz CT molecular complexity index is 221. The molecule has 0 aliphatic heterocycles. The van der Waals surface area contributed by atoms with E-state index in [-0.39, 0.29) is 0 Å². The van der Waals surface area contributed by atoms with Crippen LogP contribution in [0.15, 0.2) is 0 Å². The van der Waals surface area contributed by atoms with Crippen LogP contribution in [0.2, 0.25) is 0 Å². The van der Waals surface area contributed by atoms with Crippen molar-refractivity contribution in [3.05, 3.63) is 0 Å². The molecule has 0 aromatic rings. The number of rotatable bonds is 4. The van der Waals surface area contributed by atoms with Crippen molar-refractivity contribution < 1.29 is 0 Å². The molecule has 2 fully saturated rings. The fraction of sp³-hybridized carbons (Fsp3) is 1.00. The minimum atomic E-state index is 0.803. The largest absolute Gasteiger partial charge is 0.310 e. The maximum Gasteiger partial charge on any atom is 0.0201 e. The molecule has 4 atom stereocenters.